The lowest BCUT2D eigenvalue weighted by atomic mass is 9.84. The highest BCUT2D eigenvalue weighted by Crippen LogP contribution is 2.49. The van der Waals surface area contributed by atoms with Crippen molar-refractivity contribution in [2.75, 3.05) is 4.90 Å². The number of hydrogen-bond donors (Lipinski definition) is 0. The van der Waals surface area contributed by atoms with Gasteiger partial charge < -0.3 is 9.47 Å². The average molecular weight is 833 g/mol. The summed E-state index contributed by atoms with van der Waals surface area (Å²) in [5.74, 6) is 0.405. The van der Waals surface area contributed by atoms with Gasteiger partial charge in [-0.3, -0.25) is 0 Å². The Morgan fingerprint density at radius 3 is 1.72 bits per heavy atom. The van der Waals surface area contributed by atoms with E-state index in [1.807, 2.05) is 0 Å². The number of aryl methyl sites for hydroxylation is 1. The molecule has 1 aromatic heterocycles. The van der Waals surface area contributed by atoms with E-state index in [9.17, 15) is 0 Å². The van der Waals surface area contributed by atoms with Crippen molar-refractivity contribution >= 4 is 43.7 Å². The van der Waals surface area contributed by atoms with Gasteiger partial charge in [0.2, 0.25) is 0 Å². The van der Waals surface area contributed by atoms with Gasteiger partial charge in [0.1, 0.15) is 0 Å². The smallest absolute Gasteiger partial charge is 0.0535 e. The Morgan fingerprint density at radius 2 is 1.03 bits per heavy atom. The van der Waals surface area contributed by atoms with Crippen LogP contribution in [0.15, 0.2) is 237 Å². The Morgan fingerprint density at radius 1 is 0.431 bits per heavy atom. The third-order valence-electron chi connectivity index (χ3n) is 13.8. The minimum atomic E-state index is 0.299. The molecule has 2 nitrogen and oxygen atoms in total. The molecule has 2 aliphatic rings. The lowest BCUT2D eigenvalue weighted by molar-refractivity contribution is 0.514. The third-order valence-corrected chi connectivity index (χ3v) is 13.8. The van der Waals surface area contributed by atoms with Gasteiger partial charge in [-0.1, -0.05) is 194 Å². The molecule has 0 saturated carbocycles. The summed E-state index contributed by atoms with van der Waals surface area (Å²) in [6.07, 6.45) is 13.7. The Bertz CT molecular complexity index is 3440. The predicted octanol–water partition coefficient (Wildman–Crippen LogP) is 16.7. The fourth-order valence-corrected chi connectivity index (χ4v) is 10.7. The minimum Gasteiger partial charge on any atom is -0.337 e. The first-order chi connectivity index (χ1) is 32.2. The minimum absolute atomic E-state index is 0.299. The van der Waals surface area contributed by atoms with Gasteiger partial charge in [0.25, 0.3) is 0 Å². The summed E-state index contributed by atoms with van der Waals surface area (Å²) < 4.78 is 2.45. The first-order valence-corrected chi connectivity index (χ1v) is 23.0. The molecule has 0 fully saturated rings. The van der Waals surface area contributed by atoms with Crippen molar-refractivity contribution in [2.45, 2.75) is 25.8 Å². The van der Waals surface area contributed by atoms with Gasteiger partial charge in [0.15, 0.2) is 0 Å². The van der Waals surface area contributed by atoms with E-state index in [1.165, 1.54) is 88.2 Å². The summed E-state index contributed by atoms with van der Waals surface area (Å²) in [5, 5.41) is 7.44. The quantitative estimate of drug-likeness (QED) is 0.139. The van der Waals surface area contributed by atoms with E-state index >= 15 is 0 Å². The van der Waals surface area contributed by atoms with Crippen molar-refractivity contribution in [3.05, 3.63) is 248 Å². The monoisotopic (exact) mass is 832 g/mol. The predicted molar refractivity (Wildman–Crippen MR) is 276 cm³/mol. The van der Waals surface area contributed by atoms with Crippen LogP contribution in [-0.2, 0) is 0 Å². The molecule has 0 saturated heterocycles. The second-order valence-electron chi connectivity index (χ2n) is 17.6. The van der Waals surface area contributed by atoms with Gasteiger partial charge in [-0.15, -0.1) is 0 Å². The largest absolute Gasteiger partial charge is 0.337 e. The number of rotatable bonds is 8. The molecular formula is C63H48N2. The van der Waals surface area contributed by atoms with Crippen molar-refractivity contribution in [3.63, 3.8) is 0 Å². The first-order valence-electron chi connectivity index (χ1n) is 23.0. The molecule has 2 heterocycles. The average Bonchev–Trinajstić information content (AvgIpc) is 4.03. The summed E-state index contributed by atoms with van der Waals surface area (Å²) in [5.41, 5.74) is 15.8. The van der Waals surface area contributed by atoms with Crippen LogP contribution in [0.25, 0.3) is 88.5 Å². The van der Waals surface area contributed by atoms with Gasteiger partial charge in [0.05, 0.1) is 11.4 Å². The van der Waals surface area contributed by atoms with Crippen LogP contribution in [0.4, 0.5) is 5.69 Å². The molecule has 65 heavy (non-hydrogen) atoms. The van der Waals surface area contributed by atoms with Gasteiger partial charge in [-0.05, 0) is 139 Å². The Balaban J connectivity index is 1.17. The van der Waals surface area contributed by atoms with Crippen molar-refractivity contribution in [1.82, 2.24) is 4.57 Å². The maximum Gasteiger partial charge on any atom is 0.0535 e. The van der Waals surface area contributed by atoms with Crippen LogP contribution < -0.4 is 4.90 Å². The van der Waals surface area contributed by atoms with Gasteiger partial charge in [0, 0.05) is 29.0 Å². The van der Waals surface area contributed by atoms with E-state index < -0.39 is 0 Å². The zero-order valence-electron chi connectivity index (χ0n) is 36.5. The maximum absolute atomic E-state index is 2.65. The molecule has 1 aliphatic carbocycles. The highest BCUT2D eigenvalue weighted by atomic mass is 15.2. The molecule has 9 aromatic carbocycles. The number of nitrogens with zero attached hydrogens (tertiary/aromatic N) is 2. The summed E-state index contributed by atoms with van der Waals surface area (Å²) in [6.45, 7) is 2.26. The molecule has 1 aliphatic heterocycles. The topological polar surface area (TPSA) is 8.17 Å². The molecule has 0 spiro atoms. The molecule has 0 bridgehead atoms. The molecule has 2 heteroatoms. The molecule has 0 amide bonds. The maximum atomic E-state index is 2.65. The van der Waals surface area contributed by atoms with E-state index in [2.05, 4.69) is 253 Å². The summed E-state index contributed by atoms with van der Waals surface area (Å²) in [7, 11) is 0. The second kappa shape index (κ2) is 16.3. The van der Waals surface area contributed by atoms with Crippen molar-refractivity contribution < 1.29 is 0 Å². The molecule has 0 N–H and O–H groups in total. The highest BCUT2D eigenvalue weighted by Gasteiger charge is 2.34. The Hall–Kier alpha value is -7.94. The lowest BCUT2D eigenvalue weighted by Gasteiger charge is -2.35. The van der Waals surface area contributed by atoms with Crippen molar-refractivity contribution in [3.8, 4) is 50.5 Å². The zero-order chi connectivity index (χ0) is 43.3. The fourth-order valence-electron chi connectivity index (χ4n) is 10.7. The Kier molecular flexibility index (Phi) is 9.72. The molecule has 2 unspecified atom stereocenters. The van der Waals surface area contributed by atoms with Gasteiger partial charge >= 0.3 is 0 Å². The van der Waals surface area contributed by atoms with Gasteiger partial charge in [-0.2, -0.15) is 0 Å². The molecule has 0 radical (unpaired) electrons. The first kappa shape index (κ1) is 38.7. The van der Waals surface area contributed by atoms with E-state index in [1.54, 1.807) is 0 Å². The Labute approximate surface area is 381 Å². The van der Waals surface area contributed by atoms with Crippen molar-refractivity contribution in [1.29, 1.82) is 0 Å². The summed E-state index contributed by atoms with van der Waals surface area (Å²) in [6, 6.07) is 76.7. The molecule has 2 atom stereocenters. The number of benzene rings is 9. The molecular weight excluding hydrogens is 785 g/mol. The number of fused-ring (bicyclic) bond motifs is 3. The second-order valence-corrected chi connectivity index (χ2v) is 17.6. The third kappa shape index (κ3) is 6.81. The summed E-state index contributed by atoms with van der Waals surface area (Å²) in [4.78, 5) is 2.65. The SMILES string of the molecule is Cc1ccccc1-c1c2ccc(-n3c(-c4ccccc4)ccc3-c3ccccc3)cc2c(-c2ccc3ccccc3c2)c2ccc(N3C(c4ccccc4)=CCC3C3C=CC=CC3)cc12. The fraction of sp³-hybridized carbons (Fsp3) is 0.0794. The number of anilines is 1. The van der Waals surface area contributed by atoms with Crippen LogP contribution in [0.2, 0.25) is 0 Å². The highest BCUT2D eigenvalue weighted by molar-refractivity contribution is 6.23. The number of hydrogen-bond acceptors (Lipinski definition) is 1. The number of aromatic nitrogens is 1. The zero-order valence-corrected chi connectivity index (χ0v) is 36.5. The normalized spacial score (nSPS) is 15.9. The molecule has 10 aromatic rings. The van der Waals surface area contributed by atoms with Crippen LogP contribution in [-0.4, -0.2) is 10.6 Å². The molecule has 310 valence electrons. The van der Waals surface area contributed by atoms with Gasteiger partial charge in [-0.25, -0.2) is 0 Å². The van der Waals surface area contributed by atoms with E-state index in [-0.39, 0.29) is 0 Å². The van der Waals surface area contributed by atoms with E-state index in [0.29, 0.717) is 12.0 Å². The standard InChI is InChI=1S/C63H48N2/c1-43-18-14-17-29-53(43)63-55-35-33-51(64-58(45-20-6-2-7-21-45)36-37-59(64)46-22-8-3-9-23-46)41-56(55)62(50-31-30-44-19-15-16-28-49(44)40-50)54-34-32-52(42-57(54)63)65-60(47-24-10-4-11-25-47)38-39-61(65)48-26-12-5-13-27-48/h2-26,28-38,40-42,48,61H,27,39H2,1H3. The number of allylic oxidation sites excluding steroid dienone is 3. The van der Waals surface area contributed by atoms with E-state index in [4.69, 9.17) is 0 Å². The lowest BCUT2D eigenvalue weighted by Crippen LogP contribution is -2.35. The molecule has 12 rings (SSSR count). The van der Waals surface area contributed by atoms with Crippen molar-refractivity contribution in [2.24, 2.45) is 5.92 Å². The van der Waals surface area contributed by atoms with Crippen LogP contribution in [0.1, 0.15) is 24.0 Å². The van der Waals surface area contributed by atoms with Crippen LogP contribution in [0.5, 0.6) is 0 Å². The van der Waals surface area contributed by atoms with E-state index in [0.717, 1.165) is 29.9 Å². The summed E-state index contributed by atoms with van der Waals surface area (Å²) >= 11 is 0. The van der Waals surface area contributed by atoms with Crippen LogP contribution in [0, 0.1) is 12.8 Å². The van der Waals surface area contributed by atoms with Crippen LogP contribution >= 0.6 is 0 Å². The van der Waals surface area contributed by atoms with Crippen LogP contribution in [0.3, 0.4) is 0 Å².